The Hall–Kier alpha value is 0.1000. The summed E-state index contributed by atoms with van der Waals surface area (Å²) in [7, 11) is 0. The zero-order valence-electron chi connectivity index (χ0n) is 6.92. The maximum absolute atomic E-state index is 5.48. The van der Waals surface area contributed by atoms with Crippen molar-refractivity contribution in [2.75, 3.05) is 18.6 Å². The summed E-state index contributed by atoms with van der Waals surface area (Å²) in [4.78, 5) is 0. The molecule has 1 aromatic carbocycles. The van der Waals surface area contributed by atoms with Crippen LogP contribution in [0, 0.1) is 3.57 Å². The van der Waals surface area contributed by atoms with Gasteiger partial charge in [0.05, 0.1) is 6.61 Å². The van der Waals surface area contributed by atoms with Crippen molar-refractivity contribution in [1.82, 2.24) is 0 Å². The van der Waals surface area contributed by atoms with E-state index in [9.17, 15) is 0 Å². The van der Waals surface area contributed by atoms with Crippen molar-refractivity contribution < 1.29 is 4.74 Å². The number of benzene rings is 1. The Morgan fingerprint density at radius 1 is 1.33 bits per heavy atom. The Labute approximate surface area is 91.0 Å². The summed E-state index contributed by atoms with van der Waals surface area (Å²) in [5, 5.41) is 0. The molecule has 0 saturated carbocycles. The minimum atomic E-state index is 0.793. The normalized spacial score (nSPS) is 9.83. The van der Waals surface area contributed by atoms with E-state index in [0.717, 1.165) is 18.1 Å². The van der Waals surface area contributed by atoms with Crippen LogP contribution < -0.4 is 4.74 Å². The molecular formula is C9H11IOS. The maximum Gasteiger partial charge on any atom is 0.119 e. The Morgan fingerprint density at radius 3 is 2.58 bits per heavy atom. The second-order valence-corrected chi connectivity index (χ2v) is 4.53. The van der Waals surface area contributed by atoms with Gasteiger partial charge in [0.15, 0.2) is 0 Å². The third kappa shape index (κ3) is 3.67. The van der Waals surface area contributed by atoms with Gasteiger partial charge in [0.2, 0.25) is 0 Å². The first-order chi connectivity index (χ1) is 5.83. The molecule has 1 aromatic rings. The summed E-state index contributed by atoms with van der Waals surface area (Å²) >= 11 is 4.08. The lowest BCUT2D eigenvalue weighted by atomic mass is 10.3. The van der Waals surface area contributed by atoms with Crippen molar-refractivity contribution in [2.45, 2.75) is 0 Å². The summed E-state index contributed by atoms with van der Waals surface area (Å²) < 4.78 is 6.72. The largest absolute Gasteiger partial charge is 0.493 e. The fraction of sp³-hybridized carbons (Fsp3) is 0.333. The summed E-state index contributed by atoms with van der Waals surface area (Å²) in [5.74, 6) is 2.01. The first-order valence-corrected chi connectivity index (χ1v) is 6.17. The van der Waals surface area contributed by atoms with Crippen LogP contribution in [0.3, 0.4) is 0 Å². The Balaban J connectivity index is 2.37. The molecule has 0 aliphatic rings. The van der Waals surface area contributed by atoms with Crippen LogP contribution in [0.4, 0.5) is 0 Å². The van der Waals surface area contributed by atoms with E-state index in [4.69, 9.17) is 4.74 Å². The highest BCUT2D eigenvalue weighted by atomic mass is 127. The fourth-order valence-corrected chi connectivity index (χ4v) is 1.38. The van der Waals surface area contributed by atoms with Crippen LogP contribution in [0.2, 0.25) is 0 Å². The van der Waals surface area contributed by atoms with E-state index < -0.39 is 0 Å². The first kappa shape index (κ1) is 10.2. The van der Waals surface area contributed by atoms with E-state index in [1.807, 2.05) is 12.1 Å². The van der Waals surface area contributed by atoms with Crippen LogP contribution in [0.15, 0.2) is 24.3 Å². The highest BCUT2D eigenvalue weighted by Crippen LogP contribution is 2.13. The van der Waals surface area contributed by atoms with E-state index in [-0.39, 0.29) is 0 Å². The van der Waals surface area contributed by atoms with E-state index in [0.29, 0.717) is 0 Å². The fourth-order valence-electron chi connectivity index (χ4n) is 0.774. The van der Waals surface area contributed by atoms with Gasteiger partial charge in [-0.15, -0.1) is 0 Å². The molecule has 0 radical (unpaired) electrons. The Bertz CT molecular complexity index is 222. The molecule has 0 aromatic heterocycles. The molecule has 0 heterocycles. The van der Waals surface area contributed by atoms with Gasteiger partial charge in [-0.3, -0.25) is 0 Å². The molecular weight excluding hydrogens is 283 g/mol. The molecule has 66 valence electrons. The zero-order valence-corrected chi connectivity index (χ0v) is 9.89. The van der Waals surface area contributed by atoms with Crippen molar-refractivity contribution in [3.05, 3.63) is 27.8 Å². The maximum atomic E-state index is 5.48. The molecule has 0 N–H and O–H groups in total. The van der Waals surface area contributed by atoms with E-state index in [2.05, 4.69) is 41.0 Å². The van der Waals surface area contributed by atoms with Gasteiger partial charge in [-0.2, -0.15) is 11.8 Å². The van der Waals surface area contributed by atoms with Gasteiger partial charge in [0.1, 0.15) is 5.75 Å². The minimum Gasteiger partial charge on any atom is -0.493 e. The number of rotatable bonds is 4. The molecule has 1 rings (SSSR count). The monoisotopic (exact) mass is 294 g/mol. The van der Waals surface area contributed by atoms with Crippen LogP contribution in [-0.4, -0.2) is 18.6 Å². The highest BCUT2D eigenvalue weighted by Gasteiger charge is 1.91. The molecule has 0 atom stereocenters. The molecule has 1 nitrogen and oxygen atoms in total. The van der Waals surface area contributed by atoms with Gasteiger partial charge in [-0.1, -0.05) is 0 Å². The lowest BCUT2D eigenvalue weighted by Gasteiger charge is -2.03. The molecule has 0 unspecified atom stereocenters. The number of thioether (sulfide) groups is 1. The second-order valence-electron chi connectivity index (χ2n) is 2.30. The predicted molar refractivity (Wildman–Crippen MR) is 63.0 cm³/mol. The molecule has 0 aliphatic carbocycles. The number of hydrogen-bond acceptors (Lipinski definition) is 2. The smallest absolute Gasteiger partial charge is 0.119 e. The van der Waals surface area contributed by atoms with Crippen LogP contribution in [0.25, 0.3) is 0 Å². The molecule has 3 heteroatoms. The van der Waals surface area contributed by atoms with Gasteiger partial charge < -0.3 is 4.74 Å². The van der Waals surface area contributed by atoms with Gasteiger partial charge in [-0.05, 0) is 53.1 Å². The van der Waals surface area contributed by atoms with Crippen LogP contribution in [-0.2, 0) is 0 Å². The van der Waals surface area contributed by atoms with Crippen molar-refractivity contribution in [2.24, 2.45) is 0 Å². The number of halogens is 1. The molecule has 0 saturated heterocycles. The van der Waals surface area contributed by atoms with Crippen LogP contribution in [0.5, 0.6) is 5.75 Å². The molecule has 0 spiro atoms. The molecule has 0 fully saturated rings. The topological polar surface area (TPSA) is 9.23 Å². The second kappa shape index (κ2) is 5.70. The lowest BCUT2D eigenvalue weighted by molar-refractivity contribution is 0.344. The first-order valence-electron chi connectivity index (χ1n) is 3.70. The summed E-state index contributed by atoms with van der Waals surface area (Å²) in [6, 6.07) is 8.11. The van der Waals surface area contributed by atoms with Crippen molar-refractivity contribution in [3.63, 3.8) is 0 Å². The van der Waals surface area contributed by atoms with Crippen molar-refractivity contribution >= 4 is 34.4 Å². The zero-order chi connectivity index (χ0) is 8.81. The highest BCUT2D eigenvalue weighted by molar-refractivity contribution is 14.1. The van der Waals surface area contributed by atoms with Crippen molar-refractivity contribution in [1.29, 1.82) is 0 Å². The number of ether oxygens (including phenoxy) is 1. The summed E-state index contributed by atoms with van der Waals surface area (Å²) in [5.41, 5.74) is 0. The van der Waals surface area contributed by atoms with Crippen molar-refractivity contribution in [3.8, 4) is 5.75 Å². The molecule has 0 aliphatic heterocycles. The van der Waals surface area contributed by atoms with Crippen LogP contribution >= 0.6 is 34.4 Å². The average molecular weight is 294 g/mol. The SMILES string of the molecule is CSCCOc1ccc(I)cc1. The predicted octanol–water partition coefficient (Wildman–Crippen LogP) is 3.03. The summed E-state index contributed by atoms with van der Waals surface area (Å²) in [6.45, 7) is 0.793. The van der Waals surface area contributed by atoms with Crippen LogP contribution in [0.1, 0.15) is 0 Å². The van der Waals surface area contributed by atoms with Gasteiger partial charge in [-0.25, -0.2) is 0 Å². The number of hydrogen-bond donors (Lipinski definition) is 0. The van der Waals surface area contributed by atoms with E-state index >= 15 is 0 Å². The molecule has 0 bridgehead atoms. The van der Waals surface area contributed by atoms with Gasteiger partial charge in [0, 0.05) is 9.32 Å². The Morgan fingerprint density at radius 2 is 2.00 bits per heavy atom. The average Bonchev–Trinajstić information content (AvgIpc) is 2.09. The van der Waals surface area contributed by atoms with E-state index in [1.165, 1.54) is 3.57 Å². The third-order valence-corrected chi connectivity index (χ3v) is 2.66. The quantitative estimate of drug-likeness (QED) is 0.623. The van der Waals surface area contributed by atoms with Gasteiger partial charge in [0.25, 0.3) is 0 Å². The minimum absolute atomic E-state index is 0.793. The molecule has 0 amide bonds. The molecule has 12 heavy (non-hydrogen) atoms. The standard InChI is InChI=1S/C9H11IOS/c1-12-7-6-11-9-4-2-8(10)3-5-9/h2-5H,6-7H2,1H3. The lowest BCUT2D eigenvalue weighted by Crippen LogP contribution is -1.99. The van der Waals surface area contributed by atoms with E-state index in [1.54, 1.807) is 11.8 Å². The third-order valence-electron chi connectivity index (χ3n) is 1.37. The summed E-state index contributed by atoms with van der Waals surface area (Å²) in [6.07, 6.45) is 2.08. The Kier molecular flexibility index (Phi) is 4.83. The van der Waals surface area contributed by atoms with Gasteiger partial charge >= 0.3 is 0 Å².